The molecule has 0 radical (unpaired) electrons. The molecule has 0 aliphatic rings. The number of nitrogens with zero attached hydrogens (tertiary/aromatic N) is 2. The Morgan fingerprint density at radius 2 is 1.68 bits per heavy atom. The van der Waals surface area contributed by atoms with Gasteiger partial charge in [0, 0.05) is 17.8 Å². The summed E-state index contributed by atoms with van der Waals surface area (Å²) in [5, 5.41) is 0.869. The van der Waals surface area contributed by atoms with Crippen molar-refractivity contribution in [2.45, 2.75) is 6.92 Å². The first-order chi connectivity index (χ1) is 10.8. The summed E-state index contributed by atoms with van der Waals surface area (Å²) in [6.07, 6.45) is 1.67. The fourth-order valence-electron chi connectivity index (χ4n) is 2.27. The summed E-state index contributed by atoms with van der Waals surface area (Å²) in [6, 6.07) is 19.6. The maximum absolute atomic E-state index is 12.7. The van der Waals surface area contributed by atoms with E-state index in [0.29, 0.717) is 11.4 Å². The predicted octanol–water partition coefficient (Wildman–Crippen LogP) is 4.48. The second-order valence-electron chi connectivity index (χ2n) is 4.78. The van der Waals surface area contributed by atoms with Crippen molar-refractivity contribution < 1.29 is 4.79 Å². The normalized spacial score (nSPS) is 10.4. The Hall–Kier alpha value is -2.46. The minimum absolute atomic E-state index is 0.00613. The lowest BCUT2D eigenvalue weighted by molar-refractivity contribution is 0.0992. The van der Waals surface area contributed by atoms with Crippen molar-refractivity contribution >= 4 is 22.9 Å². The summed E-state index contributed by atoms with van der Waals surface area (Å²) in [7, 11) is 0. The number of anilines is 1. The Balaban J connectivity index is 1.88. The fraction of sp³-hybridized carbons (Fsp3) is 0.111. The van der Waals surface area contributed by atoms with E-state index >= 15 is 0 Å². The van der Waals surface area contributed by atoms with Crippen molar-refractivity contribution in [3.63, 3.8) is 0 Å². The Labute approximate surface area is 133 Å². The molecule has 1 amide bonds. The molecule has 0 saturated heterocycles. The number of amides is 1. The van der Waals surface area contributed by atoms with Crippen molar-refractivity contribution in [3.8, 4) is 10.6 Å². The van der Waals surface area contributed by atoms with Gasteiger partial charge in [-0.2, -0.15) is 0 Å². The van der Waals surface area contributed by atoms with E-state index < -0.39 is 0 Å². The minimum atomic E-state index is -0.00613. The number of para-hydroxylation sites is 1. The number of carbonyl (C=O) groups is 1. The maximum atomic E-state index is 12.7. The van der Waals surface area contributed by atoms with Crippen molar-refractivity contribution in [1.82, 2.24) is 4.98 Å². The Bertz CT molecular complexity index is 753. The van der Waals surface area contributed by atoms with E-state index in [2.05, 4.69) is 4.98 Å². The van der Waals surface area contributed by atoms with Gasteiger partial charge in [-0.15, -0.1) is 11.3 Å². The van der Waals surface area contributed by atoms with Crippen molar-refractivity contribution in [3.05, 3.63) is 71.7 Å². The van der Waals surface area contributed by atoms with Gasteiger partial charge in [0.25, 0.3) is 5.91 Å². The van der Waals surface area contributed by atoms with Gasteiger partial charge in [-0.3, -0.25) is 4.79 Å². The number of rotatable bonds is 4. The molecule has 0 atom stereocenters. The molecule has 22 heavy (non-hydrogen) atoms. The van der Waals surface area contributed by atoms with E-state index in [1.54, 1.807) is 11.1 Å². The second-order valence-corrected chi connectivity index (χ2v) is 5.81. The largest absolute Gasteiger partial charge is 0.308 e. The molecule has 1 heterocycles. The highest BCUT2D eigenvalue weighted by Crippen LogP contribution is 2.27. The zero-order chi connectivity index (χ0) is 15.4. The second kappa shape index (κ2) is 6.54. The van der Waals surface area contributed by atoms with Crippen LogP contribution in [0.2, 0.25) is 0 Å². The number of benzene rings is 2. The molecule has 110 valence electrons. The first kappa shape index (κ1) is 14.5. The molecule has 0 fully saturated rings. The lowest BCUT2D eigenvalue weighted by Crippen LogP contribution is -2.29. The van der Waals surface area contributed by atoms with Crippen LogP contribution in [-0.4, -0.2) is 17.4 Å². The summed E-state index contributed by atoms with van der Waals surface area (Å²) in [4.78, 5) is 19.5. The third-order valence-corrected chi connectivity index (χ3v) is 4.40. The molecule has 3 aromatic rings. The molecule has 3 nitrogen and oxygen atoms in total. The monoisotopic (exact) mass is 308 g/mol. The minimum Gasteiger partial charge on any atom is -0.308 e. The van der Waals surface area contributed by atoms with E-state index in [1.807, 2.05) is 67.6 Å². The standard InChI is InChI=1S/C18H16N2OS/c1-2-20(15-11-7-4-8-12-15)18(21)16-13-19-17(22-16)14-9-5-3-6-10-14/h3-13H,2H2,1H3. The van der Waals surface area contributed by atoms with Gasteiger partial charge in [-0.05, 0) is 19.1 Å². The molecule has 2 aromatic carbocycles. The molecule has 0 spiro atoms. The highest BCUT2D eigenvalue weighted by atomic mass is 32.1. The van der Waals surface area contributed by atoms with Crippen LogP contribution in [0, 0.1) is 0 Å². The molecular formula is C18H16N2OS. The van der Waals surface area contributed by atoms with Gasteiger partial charge in [0.2, 0.25) is 0 Å². The van der Waals surface area contributed by atoms with Gasteiger partial charge >= 0.3 is 0 Å². The van der Waals surface area contributed by atoms with Crippen LogP contribution in [0.3, 0.4) is 0 Å². The number of aromatic nitrogens is 1. The lowest BCUT2D eigenvalue weighted by atomic mass is 10.2. The summed E-state index contributed by atoms with van der Waals surface area (Å²) < 4.78 is 0. The van der Waals surface area contributed by atoms with Crippen LogP contribution in [-0.2, 0) is 0 Å². The number of hydrogen-bond donors (Lipinski definition) is 0. The van der Waals surface area contributed by atoms with Crippen LogP contribution in [0.1, 0.15) is 16.6 Å². The molecule has 0 N–H and O–H groups in total. The summed E-state index contributed by atoms with van der Waals surface area (Å²) in [5.74, 6) is -0.00613. The van der Waals surface area contributed by atoms with Crippen molar-refractivity contribution in [2.24, 2.45) is 0 Å². The van der Waals surface area contributed by atoms with Gasteiger partial charge in [-0.25, -0.2) is 4.98 Å². The number of thiazole rings is 1. The summed E-state index contributed by atoms with van der Waals surface area (Å²) >= 11 is 1.43. The summed E-state index contributed by atoms with van der Waals surface area (Å²) in [6.45, 7) is 2.60. The quantitative estimate of drug-likeness (QED) is 0.712. The van der Waals surface area contributed by atoms with Crippen LogP contribution >= 0.6 is 11.3 Å². The average Bonchev–Trinajstić information content (AvgIpc) is 3.07. The molecule has 1 aromatic heterocycles. The molecule has 0 aliphatic heterocycles. The van der Waals surface area contributed by atoms with Gasteiger partial charge in [0.1, 0.15) is 9.88 Å². The van der Waals surface area contributed by atoms with Crippen LogP contribution in [0.5, 0.6) is 0 Å². The highest BCUT2D eigenvalue weighted by Gasteiger charge is 2.19. The molecule has 3 rings (SSSR count). The Kier molecular flexibility index (Phi) is 4.30. The smallest absolute Gasteiger partial charge is 0.269 e. The maximum Gasteiger partial charge on any atom is 0.269 e. The Morgan fingerprint density at radius 1 is 1.05 bits per heavy atom. The first-order valence-electron chi connectivity index (χ1n) is 7.17. The summed E-state index contributed by atoms with van der Waals surface area (Å²) in [5.41, 5.74) is 1.94. The molecule has 0 bridgehead atoms. The van der Waals surface area contributed by atoms with Gasteiger partial charge in [0.05, 0.1) is 6.20 Å². The van der Waals surface area contributed by atoms with E-state index in [4.69, 9.17) is 0 Å². The first-order valence-corrected chi connectivity index (χ1v) is 7.99. The lowest BCUT2D eigenvalue weighted by Gasteiger charge is -2.19. The SMILES string of the molecule is CCN(C(=O)c1cnc(-c2ccccc2)s1)c1ccccc1. The molecular weight excluding hydrogens is 292 g/mol. The molecule has 0 aliphatic carbocycles. The van der Waals surface area contributed by atoms with Gasteiger partial charge in [-0.1, -0.05) is 48.5 Å². The fourth-order valence-corrected chi connectivity index (χ4v) is 3.14. The topological polar surface area (TPSA) is 33.2 Å². The van der Waals surface area contributed by atoms with Crippen LogP contribution in [0.25, 0.3) is 10.6 Å². The third kappa shape index (κ3) is 2.92. The zero-order valence-electron chi connectivity index (χ0n) is 12.3. The zero-order valence-corrected chi connectivity index (χ0v) is 13.1. The molecule has 0 saturated carbocycles. The van der Waals surface area contributed by atoms with E-state index in [1.165, 1.54) is 11.3 Å². The predicted molar refractivity (Wildman–Crippen MR) is 91.3 cm³/mol. The van der Waals surface area contributed by atoms with E-state index in [9.17, 15) is 4.79 Å². The van der Waals surface area contributed by atoms with Crippen molar-refractivity contribution in [2.75, 3.05) is 11.4 Å². The van der Waals surface area contributed by atoms with E-state index in [0.717, 1.165) is 16.3 Å². The third-order valence-electron chi connectivity index (χ3n) is 3.37. The average molecular weight is 308 g/mol. The number of hydrogen-bond acceptors (Lipinski definition) is 3. The number of carbonyl (C=O) groups excluding carboxylic acids is 1. The Morgan fingerprint density at radius 3 is 2.32 bits per heavy atom. The highest BCUT2D eigenvalue weighted by molar-refractivity contribution is 7.17. The van der Waals surface area contributed by atoms with Gasteiger partial charge in [0.15, 0.2) is 0 Å². The van der Waals surface area contributed by atoms with Crippen LogP contribution in [0.4, 0.5) is 5.69 Å². The van der Waals surface area contributed by atoms with Crippen LogP contribution < -0.4 is 4.90 Å². The van der Waals surface area contributed by atoms with Gasteiger partial charge < -0.3 is 4.90 Å². The molecule has 4 heteroatoms. The molecule has 0 unspecified atom stereocenters. The van der Waals surface area contributed by atoms with Crippen molar-refractivity contribution in [1.29, 1.82) is 0 Å². The van der Waals surface area contributed by atoms with E-state index in [-0.39, 0.29) is 5.91 Å². The van der Waals surface area contributed by atoms with Crippen LogP contribution in [0.15, 0.2) is 66.9 Å².